The Kier molecular flexibility index (Phi) is 5.13. The number of hydrogen-bond acceptors (Lipinski definition) is 3. The van der Waals surface area contributed by atoms with Gasteiger partial charge in [-0.05, 0) is 36.0 Å². The average Bonchev–Trinajstić information content (AvgIpc) is 2.48. The van der Waals surface area contributed by atoms with E-state index in [4.69, 9.17) is 4.74 Å². The lowest BCUT2D eigenvalue weighted by molar-refractivity contribution is -0.124. The molecule has 1 aliphatic rings. The second kappa shape index (κ2) is 6.89. The Balaban J connectivity index is 2.11. The highest BCUT2D eigenvalue weighted by Gasteiger charge is 2.24. The Morgan fingerprint density at radius 3 is 2.70 bits per heavy atom. The molecule has 1 aromatic rings. The van der Waals surface area contributed by atoms with Gasteiger partial charge in [0, 0.05) is 6.54 Å². The molecule has 0 spiro atoms. The normalized spacial score (nSPS) is 18.1. The smallest absolute Gasteiger partial charge is 0.319 e. The number of ether oxygens (including phenoxy) is 1. The topological polar surface area (TPSA) is 79.5 Å². The van der Waals surface area contributed by atoms with Crippen LogP contribution in [0, 0.1) is 0 Å². The van der Waals surface area contributed by atoms with Crippen molar-refractivity contribution in [2.24, 2.45) is 0 Å². The van der Waals surface area contributed by atoms with Gasteiger partial charge in [-0.2, -0.15) is 0 Å². The van der Waals surface area contributed by atoms with Gasteiger partial charge in [0.1, 0.15) is 11.8 Å². The predicted octanol–water partition coefficient (Wildman–Crippen LogP) is 2.39. The minimum Gasteiger partial charge on any atom is -0.495 e. The van der Waals surface area contributed by atoms with Crippen molar-refractivity contribution >= 4 is 17.6 Å². The van der Waals surface area contributed by atoms with E-state index in [1.165, 1.54) is 0 Å². The van der Waals surface area contributed by atoms with Gasteiger partial charge in [-0.3, -0.25) is 4.79 Å². The number of nitrogens with one attached hydrogen (secondary N) is 3. The van der Waals surface area contributed by atoms with E-state index in [1.54, 1.807) is 7.11 Å². The number of hydrogen-bond donors (Lipinski definition) is 3. The van der Waals surface area contributed by atoms with Crippen LogP contribution in [-0.2, 0) is 10.2 Å². The van der Waals surface area contributed by atoms with E-state index in [0.717, 1.165) is 12.0 Å². The van der Waals surface area contributed by atoms with E-state index in [9.17, 15) is 9.59 Å². The number of benzene rings is 1. The first-order valence-corrected chi connectivity index (χ1v) is 7.85. The first-order valence-electron chi connectivity index (χ1n) is 7.85. The van der Waals surface area contributed by atoms with Crippen molar-refractivity contribution in [3.63, 3.8) is 0 Å². The Bertz CT molecular complexity index is 593. The highest BCUT2D eigenvalue weighted by atomic mass is 16.5. The van der Waals surface area contributed by atoms with Gasteiger partial charge in [-0.15, -0.1) is 0 Å². The number of piperidine rings is 1. The van der Waals surface area contributed by atoms with Gasteiger partial charge in [0.2, 0.25) is 5.91 Å². The molecular weight excluding hydrogens is 294 g/mol. The molecule has 1 aliphatic heterocycles. The molecule has 1 saturated heterocycles. The second-order valence-corrected chi connectivity index (χ2v) is 6.75. The van der Waals surface area contributed by atoms with Crippen LogP contribution in [0.15, 0.2) is 18.2 Å². The summed E-state index contributed by atoms with van der Waals surface area (Å²) in [4.78, 5) is 23.9. The van der Waals surface area contributed by atoms with Gasteiger partial charge in [0.25, 0.3) is 0 Å². The van der Waals surface area contributed by atoms with Crippen molar-refractivity contribution in [2.75, 3.05) is 19.0 Å². The van der Waals surface area contributed by atoms with Crippen LogP contribution in [0.4, 0.5) is 10.5 Å². The molecule has 3 N–H and O–H groups in total. The van der Waals surface area contributed by atoms with E-state index in [-0.39, 0.29) is 11.3 Å². The Morgan fingerprint density at radius 2 is 2.09 bits per heavy atom. The van der Waals surface area contributed by atoms with Crippen LogP contribution < -0.4 is 20.7 Å². The SMILES string of the molecule is COc1ccc(C(C)(C)C)cc1NC(=O)N[C@H]1CCCNC1=O. The van der Waals surface area contributed by atoms with Crippen LogP contribution in [-0.4, -0.2) is 31.6 Å². The number of carbonyl (C=O) groups excluding carboxylic acids is 2. The monoisotopic (exact) mass is 319 g/mol. The molecule has 0 saturated carbocycles. The maximum absolute atomic E-state index is 12.2. The fraction of sp³-hybridized carbons (Fsp3) is 0.529. The third-order valence-corrected chi connectivity index (χ3v) is 3.90. The molecular formula is C17H25N3O3. The summed E-state index contributed by atoms with van der Waals surface area (Å²) in [6, 6.07) is 4.83. The minimum atomic E-state index is -0.486. The fourth-order valence-corrected chi connectivity index (χ4v) is 2.50. The summed E-state index contributed by atoms with van der Waals surface area (Å²) >= 11 is 0. The first kappa shape index (κ1) is 17.1. The number of carbonyl (C=O) groups is 2. The van der Waals surface area contributed by atoms with Crippen molar-refractivity contribution in [3.05, 3.63) is 23.8 Å². The highest BCUT2D eigenvalue weighted by molar-refractivity contribution is 5.95. The molecule has 126 valence electrons. The molecule has 6 nitrogen and oxygen atoms in total. The zero-order valence-corrected chi connectivity index (χ0v) is 14.2. The van der Waals surface area contributed by atoms with Crippen LogP contribution in [0.1, 0.15) is 39.2 Å². The molecule has 1 aromatic carbocycles. The third-order valence-electron chi connectivity index (χ3n) is 3.90. The molecule has 6 heteroatoms. The summed E-state index contributed by atoms with van der Waals surface area (Å²) in [7, 11) is 1.56. The van der Waals surface area contributed by atoms with Crippen LogP contribution in [0.25, 0.3) is 0 Å². The van der Waals surface area contributed by atoms with Crippen molar-refractivity contribution in [3.8, 4) is 5.75 Å². The summed E-state index contributed by atoms with van der Waals surface area (Å²) in [6.07, 6.45) is 1.51. The molecule has 0 unspecified atom stereocenters. The van der Waals surface area contributed by atoms with Crippen LogP contribution in [0.2, 0.25) is 0 Å². The minimum absolute atomic E-state index is 0.0393. The third kappa shape index (κ3) is 4.37. The van der Waals surface area contributed by atoms with Gasteiger partial charge >= 0.3 is 6.03 Å². The zero-order valence-electron chi connectivity index (χ0n) is 14.2. The zero-order chi connectivity index (χ0) is 17.0. The molecule has 0 radical (unpaired) electrons. The number of amides is 3. The van der Waals surface area contributed by atoms with Crippen molar-refractivity contribution in [1.82, 2.24) is 10.6 Å². The molecule has 0 bridgehead atoms. The fourth-order valence-electron chi connectivity index (χ4n) is 2.50. The van der Waals surface area contributed by atoms with E-state index in [2.05, 4.69) is 36.7 Å². The quantitative estimate of drug-likeness (QED) is 0.800. The average molecular weight is 319 g/mol. The Hall–Kier alpha value is -2.24. The van der Waals surface area contributed by atoms with Gasteiger partial charge in [-0.1, -0.05) is 26.8 Å². The summed E-state index contributed by atoms with van der Waals surface area (Å²) in [5.41, 5.74) is 1.64. The highest BCUT2D eigenvalue weighted by Crippen LogP contribution is 2.31. The number of rotatable bonds is 3. The lowest BCUT2D eigenvalue weighted by Crippen LogP contribution is -2.51. The van der Waals surface area contributed by atoms with Gasteiger partial charge in [0.05, 0.1) is 12.8 Å². The molecule has 1 atom stereocenters. The molecule has 2 rings (SSSR count). The van der Waals surface area contributed by atoms with Gasteiger partial charge in [0.15, 0.2) is 0 Å². The summed E-state index contributed by atoms with van der Waals surface area (Å²) in [5, 5.41) is 8.24. The van der Waals surface area contributed by atoms with E-state index >= 15 is 0 Å². The van der Waals surface area contributed by atoms with Crippen molar-refractivity contribution < 1.29 is 14.3 Å². The molecule has 23 heavy (non-hydrogen) atoms. The number of anilines is 1. The van der Waals surface area contributed by atoms with E-state index in [1.807, 2.05) is 18.2 Å². The summed E-state index contributed by atoms with van der Waals surface area (Å²) in [6.45, 7) is 6.97. The Labute approximate surface area is 137 Å². The lowest BCUT2D eigenvalue weighted by atomic mass is 9.87. The Morgan fingerprint density at radius 1 is 1.35 bits per heavy atom. The van der Waals surface area contributed by atoms with Crippen molar-refractivity contribution in [1.29, 1.82) is 0 Å². The van der Waals surface area contributed by atoms with Crippen LogP contribution in [0.3, 0.4) is 0 Å². The summed E-state index contributed by atoms with van der Waals surface area (Å²) in [5.74, 6) is 0.447. The molecule has 3 amide bonds. The molecule has 1 fully saturated rings. The van der Waals surface area contributed by atoms with Crippen molar-refractivity contribution in [2.45, 2.75) is 45.1 Å². The molecule has 1 heterocycles. The summed E-state index contributed by atoms with van der Waals surface area (Å²) < 4.78 is 5.30. The lowest BCUT2D eigenvalue weighted by Gasteiger charge is -2.24. The van der Waals surface area contributed by atoms with E-state index < -0.39 is 12.1 Å². The van der Waals surface area contributed by atoms with Gasteiger partial charge in [-0.25, -0.2) is 4.79 Å². The standard InChI is InChI=1S/C17H25N3O3/c1-17(2,3)11-7-8-14(23-4)13(10-11)20-16(22)19-12-6-5-9-18-15(12)21/h7-8,10,12H,5-6,9H2,1-4H3,(H,18,21)(H2,19,20,22)/t12-/m0/s1. The van der Waals surface area contributed by atoms with E-state index in [0.29, 0.717) is 24.4 Å². The first-order chi connectivity index (χ1) is 10.8. The number of urea groups is 1. The largest absolute Gasteiger partial charge is 0.495 e. The number of methoxy groups -OCH3 is 1. The van der Waals surface area contributed by atoms with Crippen LogP contribution in [0.5, 0.6) is 5.75 Å². The maximum atomic E-state index is 12.2. The maximum Gasteiger partial charge on any atom is 0.319 e. The second-order valence-electron chi connectivity index (χ2n) is 6.75. The molecule has 0 aliphatic carbocycles. The predicted molar refractivity (Wildman–Crippen MR) is 89.9 cm³/mol. The van der Waals surface area contributed by atoms with Crippen LogP contribution >= 0.6 is 0 Å². The van der Waals surface area contributed by atoms with Gasteiger partial charge < -0.3 is 20.7 Å². The molecule has 0 aromatic heterocycles.